The molecule has 1 amide bonds. The maximum absolute atomic E-state index is 12.6. The average Bonchev–Trinajstić information content (AvgIpc) is 3.04. The summed E-state index contributed by atoms with van der Waals surface area (Å²) in [6.45, 7) is 10.6. The van der Waals surface area contributed by atoms with E-state index in [4.69, 9.17) is 0 Å². The number of amides is 1. The van der Waals surface area contributed by atoms with Crippen molar-refractivity contribution in [3.05, 3.63) is 39.8 Å². The maximum atomic E-state index is 12.6. The molecule has 1 N–H and O–H groups in total. The van der Waals surface area contributed by atoms with Gasteiger partial charge < -0.3 is 5.32 Å². The second-order valence-electron chi connectivity index (χ2n) is 8.87. The normalized spacial score (nSPS) is 21.4. The van der Waals surface area contributed by atoms with E-state index < -0.39 is 0 Å². The summed E-state index contributed by atoms with van der Waals surface area (Å²) in [7, 11) is 0. The molecule has 0 bridgehead atoms. The fraction of sp³-hybridized carbons (Fsp3) is 0.636. The van der Waals surface area contributed by atoms with Crippen molar-refractivity contribution in [2.45, 2.75) is 65.6 Å². The van der Waals surface area contributed by atoms with E-state index in [1.165, 1.54) is 29.0 Å². The Hall–Kier alpha value is -1.66. The molecule has 1 aliphatic heterocycles. The van der Waals surface area contributed by atoms with Gasteiger partial charge in [-0.1, -0.05) is 13.8 Å². The first-order valence-corrected chi connectivity index (χ1v) is 11.4. The van der Waals surface area contributed by atoms with E-state index in [1.807, 2.05) is 24.3 Å². The number of aryl methyl sites for hydroxylation is 1. The molecule has 0 radical (unpaired) electrons. The van der Waals surface area contributed by atoms with E-state index in [0.717, 1.165) is 38.5 Å². The zero-order chi connectivity index (χ0) is 19.7. The Kier molecular flexibility index (Phi) is 5.61. The Morgan fingerprint density at radius 1 is 1.29 bits per heavy atom. The smallest absolute Gasteiger partial charge is 0.269 e. The van der Waals surface area contributed by atoms with Crippen LogP contribution in [0.1, 0.15) is 60.3 Å². The van der Waals surface area contributed by atoms with Crippen molar-refractivity contribution < 1.29 is 4.79 Å². The summed E-state index contributed by atoms with van der Waals surface area (Å²) in [4.78, 5) is 18.1. The third-order valence-corrected chi connectivity index (χ3v) is 7.39. The topological polar surface area (TPSA) is 50.2 Å². The van der Waals surface area contributed by atoms with Gasteiger partial charge in [-0.3, -0.25) is 14.4 Å². The standard InChI is InChI=1S/C22H32N4OS/c1-4-26-19(7-10-23-26)21(27)24-20-14-22(20)8-11-25(12-9-22)15-18-6-5-17(28-18)13-16(2)3/h5-7,10,16,20H,4,8-9,11-15H2,1-3H3,(H,24,27). The molecule has 2 aromatic heterocycles. The predicted octanol–water partition coefficient (Wildman–Crippen LogP) is 3.95. The highest BCUT2D eigenvalue weighted by atomic mass is 32.1. The molecular weight excluding hydrogens is 368 g/mol. The molecule has 5 nitrogen and oxygen atoms in total. The van der Waals surface area contributed by atoms with Crippen LogP contribution in [0.15, 0.2) is 24.4 Å². The van der Waals surface area contributed by atoms with Crippen LogP contribution in [0.4, 0.5) is 0 Å². The molecule has 28 heavy (non-hydrogen) atoms. The van der Waals surface area contributed by atoms with E-state index in [0.29, 0.717) is 17.2 Å². The summed E-state index contributed by atoms with van der Waals surface area (Å²) in [5, 5.41) is 7.47. The molecule has 1 spiro atoms. The fourth-order valence-electron chi connectivity index (χ4n) is 4.51. The molecule has 6 heteroatoms. The number of carbonyl (C=O) groups is 1. The Bertz CT molecular complexity index is 816. The van der Waals surface area contributed by atoms with Crippen LogP contribution in [-0.2, 0) is 19.5 Å². The van der Waals surface area contributed by atoms with Gasteiger partial charge in [-0.2, -0.15) is 5.10 Å². The third-order valence-electron chi connectivity index (χ3n) is 6.30. The molecule has 1 unspecified atom stereocenters. The minimum atomic E-state index is 0.0277. The van der Waals surface area contributed by atoms with Crippen LogP contribution in [0.5, 0.6) is 0 Å². The first kappa shape index (κ1) is 19.6. The van der Waals surface area contributed by atoms with Gasteiger partial charge in [0.05, 0.1) is 0 Å². The molecular formula is C22H32N4OS. The van der Waals surface area contributed by atoms with Crippen molar-refractivity contribution in [1.29, 1.82) is 0 Å². The average molecular weight is 401 g/mol. The van der Waals surface area contributed by atoms with Crippen LogP contribution < -0.4 is 5.32 Å². The summed E-state index contributed by atoms with van der Waals surface area (Å²) in [6.07, 6.45) is 6.40. The second-order valence-corrected chi connectivity index (χ2v) is 10.1. The first-order chi connectivity index (χ1) is 13.5. The molecule has 1 atom stereocenters. The molecule has 1 saturated heterocycles. The first-order valence-electron chi connectivity index (χ1n) is 10.6. The van der Waals surface area contributed by atoms with E-state index in [1.54, 1.807) is 10.9 Å². The van der Waals surface area contributed by atoms with Gasteiger partial charge in [0.15, 0.2) is 0 Å². The second kappa shape index (κ2) is 7.99. The lowest BCUT2D eigenvalue weighted by atomic mass is 9.92. The van der Waals surface area contributed by atoms with Crippen molar-refractivity contribution in [2.75, 3.05) is 13.1 Å². The summed E-state index contributed by atoms with van der Waals surface area (Å²) >= 11 is 1.97. The van der Waals surface area contributed by atoms with Gasteiger partial charge in [0, 0.05) is 35.1 Å². The van der Waals surface area contributed by atoms with Gasteiger partial charge in [-0.25, -0.2) is 0 Å². The largest absolute Gasteiger partial charge is 0.347 e. The lowest BCUT2D eigenvalue weighted by Gasteiger charge is -2.32. The minimum absolute atomic E-state index is 0.0277. The molecule has 1 saturated carbocycles. The molecule has 152 valence electrons. The molecule has 2 aliphatic rings. The molecule has 3 heterocycles. The number of hydrogen-bond donors (Lipinski definition) is 1. The molecule has 2 aromatic rings. The number of nitrogens with one attached hydrogen (secondary N) is 1. The maximum Gasteiger partial charge on any atom is 0.269 e. The summed E-state index contributed by atoms with van der Waals surface area (Å²) in [6, 6.07) is 6.76. The molecule has 0 aromatic carbocycles. The van der Waals surface area contributed by atoms with Crippen LogP contribution >= 0.6 is 11.3 Å². The zero-order valence-corrected chi connectivity index (χ0v) is 18.1. The molecule has 4 rings (SSSR count). The van der Waals surface area contributed by atoms with Crippen LogP contribution in [0.25, 0.3) is 0 Å². The third kappa shape index (κ3) is 4.18. The highest BCUT2D eigenvalue weighted by molar-refractivity contribution is 7.11. The van der Waals surface area contributed by atoms with Crippen LogP contribution in [-0.4, -0.2) is 39.7 Å². The zero-order valence-electron chi connectivity index (χ0n) is 17.3. The van der Waals surface area contributed by atoms with Crippen LogP contribution in [0.3, 0.4) is 0 Å². The summed E-state index contributed by atoms with van der Waals surface area (Å²) in [5.74, 6) is 0.749. The number of rotatable bonds is 7. The van der Waals surface area contributed by atoms with Crippen molar-refractivity contribution in [3.8, 4) is 0 Å². The monoisotopic (exact) mass is 400 g/mol. The SMILES string of the molecule is CCn1nccc1C(=O)NC1CC12CCN(Cc1ccc(CC(C)C)s1)CC2. The van der Waals surface area contributed by atoms with E-state index in [9.17, 15) is 4.79 Å². The van der Waals surface area contributed by atoms with Gasteiger partial charge in [0.1, 0.15) is 5.69 Å². The van der Waals surface area contributed by atoms with Crippen LogP contribution in [0, 0.1) is 11.3 Å². The van der Waals surface area contributed by atoms with Crippen molar-refractivity contribution >= 4 is 17.2 Å². The number of aromatic nitrogens is 2. The number of hydrogen-bond acceptors (Lipinski definition) is 4. The minimum Gasteiger partial charge on any atom is -0.347 e. The van der Waals surface area contributed by atoms with Crippen molar-refractivity contribution in [1.82, 2.24) is 20.0 Å². The number of piperidine rings is 1. The van der Waals surface area contributed by atoms with E-state index >= 15 is 0 Å². The van der Waals surface area contributed by atoms with Gasteiger partial charge in [0.2, 0.25) is 0 Å². The lowest BCUT2D eigenvalue weighted by Crippen LogP contribution is -2.38. The Balaban J connectivity index is 1.26. The number of likely N-dealkylation sites (tertiary alicyclic amines) is 1. The Labute approximate surface area is 172 Å². The van der Waals surface area contributed by atoms with Gasteiger partial charge in [-0.05, 0) is 75.2 Å². The number of nitrogens with zero attached hydrogens (tertiary/aromatic N) is 3. The van der Waals surface area contributed by atoms with Gasteiger partial charge in [0.25, 0.3) is 5.91 Å². The lowest BCUT2D eigenvalue weighted by molar-refractivity contribution is 0.0923. The van der Waals surface area contributed by atoms with E-state index in [-0.39, 0.29) is 5.91 Å². The Morgan fingerprint density at radius 2 is 2.04 bits per heavy atom. The van der Waals surface area contributed by atoms with Crippen molar-refractivity contribution in [3.63, 3.8) is 0 Å². The van der Waals surface area contributed by atoms with Crippen molar-refractivity contribution in [2.24, 2.45) is 11.3 Å². The molecule has 2 fully saturated rings. The number of carbonyl (C=O) groups excluding carboxylic acids is 1. The highest BCUT2D eigenvalue weighted by Gasteiger charge is 2.55. The van der Waals surface area contributed by atoms with Gasteiger partial charge in [-0.15, -0.1) is 11.3 Å². The summed E-state index contributed by atoms with van der Waals surface area (Å²) in [5.41, 5.74) is 1.01. The highest BCUT2D eigenvalue weighted by Crippen LogP contribution is 2.54. The predicted molar refractivity (Wildman–Crippen MR) is 114 cm³/mol. The Morgan fingerprint density at radius 3 is 2.75 bits per heavy atom. The van der Waals surface area contributed by atoms with Gasteiger partial charge >= 0.3 is 0 Å². The number of thiophene rings is 1. The van der Waals surface area contributed by atoms with Crippen LogP contribution in [0.2, 0.25) is 0 Å². The quantitative estimate of drug-likeness (QED) is 0.766. The van der Waals surface area contributed by atoms with E-state index in [2.05, 4.69) is 41.3 Å². The summed E-state index contributed by atoms with van der Waals surface area (Å²) < 4.78 is 1.77. The fourth-order valence-corrected chi connectivity index (χ4v) is 5.78. The molecule has 1 aliphatic carbocycles.